The third kappa shape index (κ3) is 5.01. The van der Waals surface area contributed by atoms with E-state index >= 15 is 0 Å². The van der Waals surface area contributed by atoms with Crippen molar-refractivity contribution in [1.29, 1.82) is 0 Å². The van der Waals surface area contributed by atoms with Crippen molar-refractivity contribution in [2.75, 3.05) is 11.1 Å². The Kier molecular flexibility index (Phi) is 6.86. The van der Waals surface area contributed by atoms with E-state index in [0.717, 1.165) is 30.5 Å². The summed E-state index contributed by atoms with van der Waals surface area (Å²) in [6, 6.07) is 12.9. The molecule has 2 aromatic carbocycles. The molecule has 2 aromatic rings. The second-order valence-corrected chi connectivity index (χ2v) is 7.10. The van der Waals surface area contributed by atoms with Crippen molar-refractivity contribution < 1.29 is 9.59 Å². The Morgan fingerprint density at radius 3 is 2.48 bits per heavy atom. The van der Waals surface area contributed by atoms with Crippen LogP contribution in [0.2, 0.25) is 0 Å². The van der Waals surface area contributed by atoms with Crippen LogP contribution in [0.5, 0.6) is 0 Å². The number of nitrogen functional groups attached to an aromatic ring is 1. The Labute approximate surface area is 166 Å². The fourth-order valence-electron chi connectivity index (χ4n) is 3.22. The number of hydrogen-bond donors (Lipinski definition) is 3. The molecule has 0 saturated carbocycles. The summed E-state index contributed by atoms with van der Waals surface area (Å²) in [7, 11) is 0. The van der Waals surface area contributed by atoms with E-state index in [1.54, 1.807) is 24.3 Å². The minimum Gasteiger partial charge on any atom is -0.399 e. The lowest BCUT2D eigenvalue weighted by Crippen LogP contribution is -2.31. The maximum absolute atomic E-state index is 12.6. The van der Waals surface area contributed by atoms with Crippen molar-refractivity contribution in [2.45, 2.75) is 39.2 Å². The molecule has 1 aliphatic rings. The molecule has 0 heterocycles. The van der Waals surface area contributed by atoms with Crippen LogP contribution in [0, 0.1) is 5.92 Å². The number of carbonyl (C=O) groups excluding carboxylic acids is 2. The smallest absolute Gasteiger partial charge is 0.251 e. The van der Waals surface area contributed by atoms with E-state index in [1.165, 1.54) is 5.56 Å². The second kappa shape index (κ2) is 8.91. The van der Waals surface area contributed by atoms with Crippen molar-refractivity contribution >= 4 is 35.6 Å². The maximum atomic E-state index is 12.6. The lowest BCUT2D eigenvalue weighted by Gasteiger charge is -2.26. The summed E-state index contributed by atoms with van der Waals surface area (Å²) in [4.78, 5) is 24.3. The quantitative estimate of drug-likeness (QED) is 0.690. The number of aryl methyl sites for hydroxylation is 1. The monoisotopic (exact) mass is 387 g/mol. The topological polar surface area (TPSA) is 84.2 Å². The first kappa shape index (κ1) is 20.8. The summed E-state index contributed by atoms with van der Waals surface area (Å²) in [5.41, 5.74) is 10.3. The third-order valence-electron chi connectivity index (χ3n) is 4.73. The minimum absolute atomic E-state index is 0. The van der Waals surface area contributed by atoms with E-state index in [2.05, 4.69) is 10.6 Å². The average molecular weight is 388 g/mol. The number of carbonyl (C=O) groups is 2. The summed E-state index contributed by atoms with van der Waals surface area (Å²) in [6.45, 7) is 3.68. The predicted octanol–water partition coefficient (Wildman–Crippen LogP) is 4.09. The summed E-state index contributed by atoms with van der Waals surface area (Å²) in [6.07, 6.45) is 2.95. The number of rotatable bonds is 4. The van der Waals surface area contributed by atoms with Gasteiger partial charge in [0.15, 0.2) is 0 Å². The number of nitrogens with one attached hydrogen (secondary N) is 2. The maximum Gasteiger partial charge on any atom is 0.251 e. The Balaban J connectivity index is 0.00000261. The van der Waals surface area contributed by atoms with Crippen LogP contribution in [0.4, 0.5) is 11.4 Å². The van der Waals surface area contributed by atoms with E-state index in [0.29, 0.717) is 11.3 Å². The zero-order valence-corrected chi connectivity index (χ0v) is 16.4. The van der Waals surface area contributed by atoms with Gasteiger partial charge in [0.05, 0.1) is 6.04 Å². The van der Waals surface area contributed by atoms with Crippen molar-refractivity contribution in [1.82, 2.24) is 5.32 Å². The summed E-state index contributed by atoms with van der Waals surface area (Å²) in [5, 5.41) is 5.95. The molecule has 4 N–H and O–H groups in total. The van der Waals surface area contributed by atoms with Crippen molar-refractivity contribution in [3.05, 3.63) is 59.2 Å². The van der Waals surface area contributed by atoms with Crippen LogP contribution in [0.3, 0.4) is 0 Å². The summed E-state index contributed by atoms with van der Waals surface area (Å²) >= 11 is 0. The Bertz CT molecular complexity index is 819. The molecule has 0 saturated heterocycles. The Morgan fingerprint density at radius 1 is 1.11 bits per heavy atom. The molecule has 0 bridgehead atoms. The van der Waals surface area contributed by atoms with Crippen LogP contribution in [0.15, 0.2) is 42.5 Å². The van der Waals surface area contributed by atoms with Crippen molar-refractivity contribution in [3.8, 4) is 0 Å². The highest BCUT2D eigenvalue weighted by atomic mass is 35.5. The molecule has 1 unspecified atom stereocenters. The van der Waals surface area contributed by atoms with Gasteiger partial charge in [-0.2, -0.15) is 0 Å². The van der Waals surface area contributed by atoms with Gasteiger partial charge in [-0.15, -0.1) is 12.4 Å². The van der Waals surface area contributed by atoms with Gasteiger partial charge in [0.25, 0.3) is 5.91 Å². The van der Waals surface area contributed by atoms with Crippen LogP contribution in [0.1, 0.15) is 54.2 Å². The van der Waals surface area contributed by atoms with Crippen molar-refractivity contribution in [2.24, 2.45) is 5.92 Å². The summed E-state index contributed by atoms with van der Waals surface area (Å²) in [5.74, 6) is -0.236. The fraction of sp³-hybridized carbons (Fsp3) is 0.333. The Morgan fingerprint density at radius 2 is 1.81 bits per heavy atom. The Hall–Kier alpha value is -2.53. The zero-order valence-electron chi connectivity index (χ0n) is 15.6. The van der Waals surface area contributed by atoms with Gasteiger partial charge in [0.2, 0.25) is 5.91 Å². The van der Waals surface area contributed by atoms with E-state index in [4.69, 9.17) is 5.73 Å². The van der Waals surface area contributed by atoms with Gasteiger partial charge in [-0.3, -0.25) is 9.59 Å². The number of nitrogens with two attached hydrogens (primary N) is 1. The SMILES string of the molecule is CC(C)C(=O)Nc1ccc(C(=O)NC2CCCc3cc(N)ccc32)cc1.Cl. The summed E-state index contributed by atoms with van der Waals surface area (Å²) < 4.78 is 0. The molecule has 0 aromatic heterocycles. The van der Waals surface area contributed by atoms with E-state index in [1.807, 2.05) is 32.0 Å². The first-order valence-corrected chi connectivity index (χ1v) is 9.04. The highest BCUT2D eigenvalue weighted by molar-refractivity contribution is 5.96. The number of fused-ring (bicyclic) bond motifs is 1. The molecule has 2 amide bonds. The van der Waals surface area contributed by atoms with Gasteiger partial charge in [0, 0.05) is 22.9 Å². The molecule has 0 spiro atoms. The molecule has 27 heavy (non-hydrogen) atoms. The second-order valence-electron chi connectivity index (χ2n) is 7.10. The first-order valence-electron chi connectivity index (χ1n) is 9.04. The van der Waals surface area contributed by atoms with Crippen LogP contribution < -0.4 is 16.4 Å². The van der Waals surface area contributed by atoms with Gasteiger partial charge < -0.3 is 16.4 Å². The number of anilines is 2. The van der Waals surface area contributed by atoms with E-state index in [9.17, 15) is 9.59 Å². The molecule has 1 atom stereocenters. The van der Waals surface area contributed by atoms with Crippen LogP contribution in [-0.2, 0) is 11.2 Å². The predicted molar refractivity (Wildman–Crippen MR) is 111 cm³/mol. The molecule has 3 rings (SSSR count). The molecular weight excluding hydrogens is 362 g/mol. The minimum atomic E-state index is -0.110. The van der Waals surface area contributed by atoms with Crippen LogP contribution >= 0.6 is 12.4 Å². The molecule has 6 heteroatoms. The lowest BCUT2D eigenvalue weighted by atomic mass is 9.87. The molecular formula is C21H26ClN3O2. The van der Waals surface area contributed by atoms with Gasteiger partial charge in [-0.05, 0) is 66.8 Å². The third-order valence-corrected chi connectivity index (χ3v) is 4.73. The van der Waals surface area contributed by atoms with E-state index < -0.39 is 0 Å². The standard InChI is InChI=1S/C21H25N3O2.ClH/c1-13(2)20(25)23-17-9-6-14(7-10-17)21(26)24-19-5-3-4-15-12-16(22)8-11-18(15)19;/h6-13,19H,3-5,22H2,1-2H3,(H,23,25)(H,24,26);1H. The lowest BCUT2D eigenvalue weighted by molar-refractivity contribution is -0.118. The number of halogens is 1. The zero-order chi connectivity index (χ0) is 18.7. The molecule has 144 valence electrons. The molecule has 5 nitrogen and oxygen atoms in total. The van der Waals surface area contributed by atoms with Gasteiger partial charge in [-0.1, -0.05) is 19.9 Å². The molecule has 1 aliphatic carbocycles. The number of hydrogen-bond acceptors (Lipinski definition) is 3. The molecule has 0 aliphatic heterocycles. The normalized spacial score (nSPS) is 15.4. The highest BCUT2D eigenvalue weighted by Crippen LogP contribution is 2.31. The average Bonchev–Trinajstić information content (AvgIpc) is 2.62. The van der Waals surface area contributed by atoms with Crippen molar-refractivity contribution in [3.63, 3.8) is 0 Å². The van der Waals surface area contributed by atoms with Gasteiger partial charge in [0.1, 0.15) is 0 Å². The van der Waals surface area contributed by atoms with Gasteiger partial charge >= 0.3 is 0 Å². The number of benzene rings is 2. The van der Waals surface area contributed by atoms with Crippen LogP contribution in [-0.4, -0.2) is 11.8 Å². The first-order chi connectivity index (χ1) is 12.4. The number of amides is 2. The van der Waals surface area contributed by atoms with E-state index in [-0.39, 0.29) is 36.2 Å². The molecule has 0 fully saturated rings. The highest BCUT2D eigenvalue weighted by Gasteiger charge is 2.22. The fourth-order valence-corrected chi connectivity index (χ4v) is 3.22. The largest absolute Gasteiger partial charge is 0.399 e. The van der Waals surface area contributed by atoms with Crippen LogP contribution in [0.25, 0.3) is 0 Å². The van der Waals surface area contributed by atoms with Gasteiger partial charge in [-0.25, -0.2) is 0 Å². The molecule has 0 radical (unpaired) electrons.